The molecule has 3 saturated heterocycles. The van der Waals surface area contributed by atoms with Crippen LogP contribution in [0.4, 0.5) is 4.79 Å². The molecule has 5 heterocycles. The van der Waals surface area contributed by atoms with E-state index in [1.807, 2.05) is 65.0 Å². The first-order valence-corrected chi connectivity index (χ1v) is 21.6. The summed E-state index contributed by atoms with van der Waals surface area (Å²) in [5.41, 5.74) is -1.27. The van der Waals surface area contributed by atoms with Crippen LogP contribution in [-0.2, 0) is 43.6 Å². The molecule has 0 aliphatic carbocycles. The zero-order valence-electron chi connectivity index (χ0n) is 37.8. The summed E-state index contributed by atoms with van der Waals surface area (Å²) in [6.07, 6.45) is 4.73. The molecule has 0 radical (unpaired) electrons. The van der Waals surface area contributed by atoms with E-state index < -0.39 is 77.4 Å². The van der Waals surface area contributed by atoms with Crippen molar-refractivity contribution < 1.29 is 48.0 Å². The highest BCUT2D eigenvalue weighted by atomic mass is 16.7. The molecule has 0 aromatic carbocycles. The highest BCUT2D eigenvalue weighted by Crippen LogP contribution is 2.43. The molecule has 2 aromatic heterocycles. The van der Waals surface area contributed by atoms with Crippen LogP contribution in [0.5, 0.6) is 0 Å². The fourth-order valence-corrected chi connectivity index (χ4v) is 9.60. The highest BCUT2D eigenvalue weighted by Gasteiger charge is 2.60. The van der Waals surface area contributed by atoms with E-state index in [4.69, 9.17) is 23.7 Å². The van der Waals surface area contributed by atoms with Crippen molar-refractivity contribution in [3.05, 3.63) is 37.1 Å². The number of pyridine rings is 1. The second-order valence-electron chi connectivity index (χ2n) is 18.4. The number of carbonyl (C=O) groups excluding carboxylic acids is 4. The third-order valence-corrected chi connectivity index (χ3v) is 13.6. The summed E-state index contributed by atoms with van der Waals surface area (Å²) in [4.78, 5) is 69.4. The molecule has 1 unspecified atom stereocenters. The van der Waals surface area contributed by atoms with Crippen molar-refractivity contribution >= 4 is 23.6 Å². The van der Waals surface area contributed by atoms with Gasteiger partial charge in [-0.1, -0.05) is 27.7 Å². The van der Waals surface area contributed by atoms with E-state index in [2.05, 4.69) is 28.4 Å². The predicted molar refractivity (Wildman–Crippen MR) is 224 cm³/mol. The molecule has 2 aromatic rings. The second-order valence-corrected chi connectivity index (χ2v) is 18.4. The molecular weight excluding hydrogens is 771 g/mol. The molecule has 15 heteroatoms. The number of aromatic nitrogens is 3. The first kappa shape index (κ1) is 47.3. The number of hydrogen-bond acceptors (Lipinski definition) is 13. The van der Waals surface area contributed by atoms with E-state index in [-0.39, 0.29) is 49.2 Å². The van der Waals surface area contributed by atoms with Crippen molar-refractivity contribution in [2.75, 3.05) is 27.7 Å². The van der Waals surface area contributed by atoms with Crippen molar-refractivity contribution in [2.24, 2.45) is 17.8 Å². The molecule has 3 aliphatic heterocycles. The Morgan fingerprint density at radius 2 is 1.82 bits per heavy atom. The molecule has 1 N–H and O–H groups in total. The molecule has 0 spiro atoms. The van der Waals surface area contributed by atoms with E-state index in [1.165, 1.54) is 14.0 Å². The summed E-state index contributed by atoms with van der Waals surface area (Å²) >= 11 is 0. The maximum absolute atomic E-state index is 14.6. The lowest BCUT2D eigenvalue weighted by atomic mass is 9.75. The first-order chi connectivity index (χ1) is 28.2. The maximum atomic E-state index is 14.6. The van der Waals surface area contributed by atoms with Gasteiger partial charge in [0.1, 0.15) is 23.9 Å². The Bertz CT molecular complexity index is 1800. The number of methoxy groups -OCH3 is 1. The van der Waals surface area contributed by atoms with Gasteiger partial charge in [0.05, 0.1) is 35.9 Å². The number of ketones is 2. The van der Waals surface area contributed by atoms with Crippen LogP contribution in [0.1, 0.15) is 107 Å². The number of Topliss-reactive ketones (excluding diaryl/α,β-unsaturated/α-hetero) is 2. The lowest BCUT2D eigenvalue weighted by Gasteiger charge is -2.47. The summed E-state index contributed by atoms with van der Waals surface area (Å²) in [6.45, 7) is 16.9. The number of carbonyl (C=O) groups is 4. The number of likely N-dealkylation sites (N-methyl/N-ethyl adjacent to an activating group) is 1. The van der Waals surface area contributed by atoms with Crippen LogP contribution in [0, 0.1) is 17.8 Å². The standard InChI is InChI=1S/C45H69N5O10/c1-13-36-45(14-2)35(50(42(55)60-45)20-16-18-43(7,8)49-25-32(47-26-49)31-17-15-19-46-24-31)22-34(51)27(3)23-44(9,56-12)39(29(5)37(52)30(6)40(54)58-36)59-41-38(53)33(48(10)11)21-28(4)57-41/h15,17,19,24-30,33,35-36,38-39,41,53H,13-14,16,18,20-23H2,1-12H3/t27-,28-,29+,30-,33+,35-,36-,38-,39-,41?,44-,45+/m1/s1. The average Bonchev–Trinajstić information content (AvgIpc) is 3.83. The van der Waals surface area contributed by atoms with Gasteiger partial charge in [-0.2, -0.15) is 0 Å². The molecular formula is C45H69N5O10. The topological polar surface area (TPSA) is 172 Å². The molecule has 1 amide bonds. The number of rotatable bonds is 12. The zero-order valence-corrected chi connectivity index (χ0v) is 37.8. The number of imidazole rings is 1. The van der Waals surface area contributed by atoms with Crippen molar-refractivity contribution in [1.29, 1.82) is 0 Å². The smallest absolute Gasteiger partial charge is 0.410 e. The van der Waals surface area contributed by atoms with Crippen molar-refractivity contribution in [1.82, 2.24) is 24.3 Å². The molecule has 0 bridgehead atoms. The third-order valence-electron chi connectivity index (χ3n) is 13.6. The van der Waals surface area contributed by atoms with Crippen molar-refractivity contribution in [2.45, 2.75) is 167 Å². The second kappa shape index (κ2) is 19.1. The lowest BCUT2D eigenvalue weighted by molar-refractivity contribution is -0.295. The molecule has 3 aliphatic rings. The lowest BCUT2D eigenvalue weighted by Crippen LogP contribution is -2.59. The number of nitrogens with zero attached hydrogens (tertiary/aromatic N) is 5. The van der Waals surface area contributed by atoms with Gasteiger partial charge in [-0.15, -0.1) is 0 Å². The van der Waals surface area contributed by atoms with Crippen LogP contribution >= 0.6 is 0 Å². The average molecular weight is 840 g/mol. The third kappa shape index (κ3) is 9.65. The summed E-state index contributed by atoms with van der Waals surface area (Å²) in [5, 5.41) is 11.5. The van der Waals surface area contributed by atoms with Gasteiger partial charge in [-0.25, -0.2) is 9.78 Å². The van der Waals surface area contributed by atoms with Gasteiger partial charge in [0.2, 0.25) is 0 Å². The predicted octanol–water partition coefficient (Wildman–Crippen LogP) is 5.81. The van der Waals surface area contributed by atoms with Crippen molar-refractivity contribution in [3.8, 4) is 11.3 Å². The number of esters is 1. The number of hydrogen-bond donors (Lipinski definition) is 1. The normalized spacial score (nSPS) is 34.9. The number of fused-ring (bicyclic) bond motifs is 1. The number of ether oxygens (including phenoxy) is 5. The van der Waals surface area contributed by atoms with Gasteiger partial charge in [-0.05, 0) is 99.4 Å². The minimum absolute atomic E-state index is 0.0595. The van der Waals surface area contributed by atoms with Crippen LogP contribution in [0.25, 0.3) is 11.3 Å². The Labute approximate surface area is 355 Å². The molecule has 334 valence electrons. The number of amides is 1. The Morgan fingerprint density at radius 1 is 1.10 bits per heavy atom. The van der Waals surface area contributed by atoms with Gasteiger partial charge in [0.15, 0.2) is 17.7 Å². The van der Waals surface area contributed by atoms with Gasteiger partial charge in [-0.3, -0.25) is 19.4 Å². The molecule has 0 saturated carbocycles. The van der Waals surface area contributed by atoms with E-state index >= 15 is 0 Å². The fraction of sp³-hybridized carbons (Fsp3) is 0.733. The van der Waals surface area contributed by atoms with Gasteiger partial charge < -0.3 is 43.2 Å². The summed E-state index contributed by atoms with van der Waals surface area (Å²) < 4.78 is 33.5. The monoisotopic (exact) mass is 840 g/mol. The van der Waals surface area contributed by atoms with E-state index in [1.54, 1.807) is 37.5 Å². The van der Waals surface area contributed by atoms with Crippen LogP contribution in [-0.4, -0.2) is 135 Å². The minimum Gasteiger partial charge on any atom is -0.457 e. The zero-order chi connectivity index (χ0) is 44.3. The number of aliphatic hydroxyl groups excluding tert-OH is 1. The summed E-state index contributed by atoms with van der Waals surface area (Å²) in [6, 6.07) is 2.78. The van der Waals surface area contributed by atoms with Gasteiger partial charge >= 0.3 is 12.1 Å². The highest BCUT2D eigenvalue weighted by molar-refractivity contribution is 6.00. The molecule has 5 rings (SSSR count). The SMILES string of the molecule is CC[C@H]1OC(=O)[C@H](C)C(=O)[C@H](C)[C@@H](OC2O[C@H](C)C[C@H](N(C)C)[C@H]2O)[C@](C)(OC)C[C@@H](C)C(=O)C[C@H]2N(CCCC(C)(C)n3cnc(-c4cccnc4)c3)C(=O)O[C@]12CC. The van der Waals surface area contributed by atoms with E-state index in [0.29, 0.717) is 25.8 Å². The Morgan fingerprint density at radius 3 is 2.43 bits per heavy atom. The summed E-state index contributed by atoms with van der Waals surface area (Å²) in [5.74, 6) is -4.17. The number of aliphatic hydroxyl groups is 1. The Balaban J connectivity index is 1.45. The molecule has 15 nitrogen and oxygen atoms in total. The first-order valence-electron chi connectivity index (χ1n) is 21.6. The Hall–Kier alpha value is -3.76. The van der Waals surface area contributed by atoms with Crippen LogP contribution < -0.4 is 0 Å². The van der Waals surface area contributed by atoms with E-state index in [9.17, 15) is 24.3 Å². The minimum atomic E-state index is -1.35. The van der Waals surface area contributed by atoms with Gasteiger partial charge in [0, 0.05) is 67.6 Å². The Kier molecular flexibility index (Phi) is 15.1. The van der Waals surface area contributed by atoms with Crippen LogP contribution in [0.2, 0.25) is 0 Å². The molecule has 3 fully saturated rings. The maximum Gasteiger partial charge on any atom is 0.410 e. The quantitative estimate of drug-likeness (QED) is 0.201. The van der Waals surface area contributed by atoms with E-state index in [0.717, 1.165) is 11.3 Å². The van der Waals surface area contributed by atoms with Crippen LogP contribution in [0.15, 0.2) is 37.1 Å². The van der Waals surface area contributed by atoms with Crippen LogP contribution in [0.3, 0.4) is 0 Å². The number of cyclic esters (lactones) is 1. The fourth-order valence-electron chi connectivity index (χ4n) is 9.60. The van der Waals surface area contributed by atoms with Gasteiger partial charge in [0.25, 0.3) is 0 Å². The molecule has 12 atom stereocenters. The van der Waals surface area contributed by atoms with Crippen molar-refractivity contribution in [3.63, 3.8) is 0 Å². The largest absolute Gasteiger partial charge is 0.457 e. The summed E-state index contributed by atoms with van der Waals surface area (Å²) in [7, 11) is 5.25. The molecule has 60 heavy (non-hydrogen) atoms.